The van der Waals surface area contributed by atoms with Gasteiger partial charge in [-0.2, -0.15) is 0 Å². The number of hydrogen-bond donors (Lipinski definition) is 1. The minimum absolute atomic E-state index is 0.175. The lowest BCUT2D eigenvalue weighted by Gasteiger charge is -2.08. The van der Waals surface area contributed by atoms with Gasteiger partial charge < -0.3 is 10.1 Å². The van der Waals surface area contributed by atoms with Crippen LogP contribution in [0.4, 0.5) is 14.9 Å². The number of ether oxygens (including phenoxy) is 1. The van der Waals surface area contributed by atoms with Crippen molar-refractivity contribution in [3.63, 3.8) is 0 Å². The Balaban J connectivity index is 1.55. The van der Waals surface area contributed by atoms with E-state index in [1.165, 1.54) is 30.3 Å². The maximum atomic E-state index is 12.9. The third-order valence-corrected chi connectivity index (χ3v) is 4.77. The van der Waals surface area contributed by atoms with Crippen molar-refractivity contribution < 1.29 is 23.5 Å². The Morgan fingerprint density at radius 1 is 1.14 bits per heavy atom. The van der Waals surface area contributed by atoms with Gasteiger partial charge in [0, 0.05) is 12.2 Å². The van der Waals surface area contributed by atoms with Gasteiger partial charge in [0.05, 0.1) is 4.91 Å². The van der Waals surface area contributed by atoms with E-state index in [0.717, 1.165) is 22.2 Å². The molecule has 0 saturated carbocycles. The number of nitrogens with zero attached hydrogens (tertiary/aromatic N) is 1. The first-order chi connectivity index (χ1) is 14.0. The Morgan fingerprint density at radius 2 is 1.83 bits per heavy atom. The van der Waals surface area contributed by atoms with Crippen LogP contribution in [0.2, 0.25) is 0 Å². The number of rotatable bonds is 7. The highest BCUT2D eigenvalue weighted by molar-refractivity contribution is 8.18. The topological polar surface area (TPSA) is 75.7 Å². The summed E-state index contributed by atoms with van der Waals surface area (Å²) >= 11 is 0.880. The number of thioether (sulfide) groups is 1. The van der Waals surface area contributed by atoms with Gasteiger partial charge in [0.15, 0.2) is 6.61 Å². The van der Waals surface area contributed by atoms with Gasteiger partial charge in [0.2, 0.25) is 0 Å². The molecule has 0 unspecified atom stereocenters. The molecule has 0 aromatic heterocycles. The molecule has 1 fully saturated rings. The van der Waals surface area contributed by atoms with Crippen LogP contribution in [0, 0.1) is 5.82 Å². The molecule has 0 aliphatic carbocycles. The van der Waals surface area contributed by atoms with E-state index >= 15 is 0 Å². The van der Waals surface area contributed by atoms with Crippen LogP contribution in [0.25, 0.3) is 6.08 Å². The summed E-state index contributed by atoms with van der Waals surface area (Å²) in [5.41, 5.74) is 1.19. The number of imide groups is 1. The molecular formula is C21H17FN2O4S. The number of carbonyl (C=O) groups is 3. The van der Waals surface area contributed by atoms with Crippen molar-refractivity contribution in [3.8, 4) is 5.75 Å². The highest BCUT2D eigenvalue weighted by Crippen LogP contribution is 2.32. The molecule has 1 N–H and O–H groups in total. The number of carbonyl (C=O) groups excluding carboxylic acids is 3. The number of nitrogens with one attached hydrogen (secondary N) is 1. The van der Waals surface area contributed by atoms with Crippen LogP contribution in [-0.4, -0.2) is 35.1 Å². The summed E-state index contributed by atoms with van der Waals surface area (Å²) < 4.78 is 18.3. The van der Waals surface area contributed by atoms with Crippen LogP contribution in [0.15, 0.2) is 66.1 Å². The standard InChI is InChI=1S/C21H17FN2O4S/c1-2-11-24-20(26)18(29-21(24)27)12-14-3-9-17(10-4-14)28-13-19(25)23-16-7-5-15(22)6-8-16/h2-10,12H,1,11,13H2,(H,23,25). The normalized spacial score (nSPS) is 14.9. The average molecular weight is 412 g/mol. The molecule has 1 aliphatic heterocycles. The molecular weight excluding hydrogens is 395 g/mol. The Hall–Kier alpha value is -3.39. The van der Waals surface area contributed by atoms with Crippen LogP contribution in [0.5, 0.6) is 5.75 Å². The Kier molecular flexibility index (Phi) is 6.46. The maximum Gasteiger partial charge on any atom is 0.293 e. The summed E-state index contributed by atoms with van der Waals surface area (Å²) in [5, 5.41) is 2.27. The summed E-state index contributed by atoms with van der Waals surface area (Å²) in [6, 6.07) is 12.2. The van der Waals surface area contributed by atoms with Gasteiger partial charge in [-0.05, 0) is 59.8 Å². The van der Waals surface area contributed by atoms with Crippen molar-refractivity contribution in [1.29, 1.82) is 0 Å². The van der Waals surface area contributed by atoms with Gasteiger partial charge >= 0.3 is 0 Å². The highest BCUT2D eigenvalue weighted by atomic mass is 32.2. The molecule has 1 heterocycles. The van der Waals surface area contributed by atoms with Crippen LogP contribution in [0.1, 0.15) is 5.56 Å². The highest BCUT2D eigenvalue weighted by Gasteiger charge is 2.33. The number of benzene rings is 2. The second-order valence-corrected chi connectivity index (χ2v) is 6.99. The van der Waals surface area contributed by atoms with Crippen molar-refractivity contribution in [1.82, 2.24) is 4.90 Å². The predicted molar refractivity (Wildman–Crippen MR) is 110 cm³/mol. The van der Waals surface area contributed by atoms with E-state index in [9.17, 15) is 18.8 Å². The lowest BCUT2D eigenvalue weighted by Crippen LogP contribution is -2.27. The quantitative estimate of drug-likeness (QED) is 0.548. The van der Waals surface area contributed by atoms with Gasteiger partial charge in [0.25, 0.3) is 17.1 Å². The Bertz CT molecular complexity index is 971. The fourth-order valence-corrected chi connectivity index (χ4v) is 3.33. The average Bonchev–Trinajstić information content (AvgIpc) is 2.97. The van der Waals surface area contributed by atoms with E-state index in [1.54, 1.807) is 30.3 Å². The molecule has 3 rings (SSSR count). The minimum Gasteiger partial charge on any atom is -0.484 e. The fourth-order valence-electron chi connectivity index (χ4n) is 2.48. The van der Waals surface area contributed by atoms with Crippen LogP contribution < -0.4 is 10.1 Å². The van der Waals surface area contributed by atoms with Crippen LogP contribution in [0.3, 0.4) is 0 Å². The zero-order chi connectivity index (χ0) is 20.8. The lowest BCUT2D eigenvalue weighted by atomic mass is 10.2. The zero-order valence-electron chi connectivity index (χ0n) is 15.3. The van der Waals surface area contributed by atoms with E-state index in [4.69, 9.17) is 4.74 Å². The molecule has 148 valence electrons. The van der Waals surface area contributed by atoms with Crippen molar-refractivity contribution in [2.75, 3.05) is 18.5 Å². The molecule has 6 nitrogen and oxygen atoms in total. The summed E-state index contributed by atoms with van der Waals surface area (Å²) in [6.45, 7) is 3.50. The van der Waals surface area contributed by atoms with Gasteiger partial charge in [-0.3, -0.25) is 19.3 Å². The SMILES string of the molecule is C=CCN1C(=O)SC(=Cc2ccc(OCC(=O)Nc3ccc(F)cc3)cc2)C1=O. The molecule has 2 aromatic carbocycles. The van der Waals surface area contributed by atoms with E-state index in [-0.39, 0.29) is 36.0 Å². The molecule has 0 spiro atoms. The maximum absolute atomic E-state index is 12.9. The van der Waals surface area contributed by atoms with Crippen molar-refractivity contribution in [2.45, 2.75) is 0 Å². The van der Waals surface area contributed by atoms with Crippen molar-refractivity contribution in [3.05, 3.63) is 77.5 Å². The fraction of sp³-hybridized carbons (Fsp3) is 0.0952. The largest absolute Gasteiger partial charge is 0.484 e. The Morgan fingerprint density at radius 3 is 2.48 bits per heavy atom. The van der Waals surface area contributed by atoms with E-state index < -0.39 is 0 Å². The molecule has 8 heteroatoms. The monoisotopic (exact) mass is 412 g/mol. The lowest BCUT2D eigenvalue weighted by molar-refractivity contribution is -0.122. The first-order valence-corrected chi connectivity index (χ1v) is 9.42. The number of anilines is 1. The van der Waals surface area contributed by atoms with E-state index in [1.807, 2.05) is 0 Å². The van der Waals surface area contributed by atoms with E-state index in [2.05, 4.69) is 11.9 Å². The second kappa shape index (κ2) is 9.20. The van der Waals surface area contributed by atoms with Crippen molar-refractivity contribution >= 4 is 40.6 Å². The molecule has 3 amide bonds. The summed E-state index contributed by atoms with van der Waals surface area (Å²) in [7, 11) is 0. The van der Waals surface area contributed by atoms with Gasteiger partial charge in [-0.1, -0.05) is 18.2 Å². The first-order valence-electron chi connectivity index (χ1n) is 8.61. The third kappa shape index (κ3) is 5.32. The van der Waals surface area contributed by atoms with Gasteiger partial charge in [-0.25, -0.2) is 4.39 Å². The smallest absolute Gasteiger partial charge is 0.293 e. The number of hydrogen-bond acceptors (Lipinski definition) is 5. The zero-order valence-corrected chi connectivity index (χ0v) is 16.1. The summed E-state index contributed by atoms with van der Waals surface area (Å²) in [6.07, 6.45) is 3.12. The molecule has 29 heavy (non-hydrogen) atoms. The predicted octanol–water partition coefficient (Wildman–Crippen LogP) is 4.07. The van der Waals surface area contributed by atoms with Gasteiger partial charge in [0.1, 0.15) is 11.6 Å². The van der Waals surface area contributed by atoms with E-state index in [0.29, 0.717) is 16.3 Å². The summed E-state index contributed by atoms with van der Waals surface area (Å²) in [4.78, 5) is 37.4. The third-order valence-electron chi connectivity index (χ3n) is 3.86. The summed E-state index contributed by atoms with van der Waals surface area (Å²) in [5.74, 6) is -0.643. The molecule has 1 aliphatic rings. The number of amides is 3. The Labute approximate surface area is 171 Å². The van der Waals surface area contributed by atoms with Crippen molar-refractivity contribution in [2.24, 2.45) is 0 Å². The molecule has 0 bridgehead atoms. The molecule has 0 atom stereocenters. The first kappa shape index (κ1) is 20.3. The second-order valence-electron chi connectivity index (χ2n) is 5.99. The molecule has 1 saturated heterocycles. The molecule has 2 aromatic rings. The molecule has 0 radical (unpaired) electrons. The van der Waals surface area contributed by atoms with Crippen LogP contribution in [-0.2, 0) is 9.59 Å². The number of halogens is 1. The minimum atomic E-state index is -0.384. The van der Waals surface area contributed by atoms with Crippen LogP contribution >= 0.6 is 11.8 Å². The van der Waals surface area contributed by atoms with Gasteiger partial charge in [-0.15, -0.1) is 6.58 Å².